The lowest BCUT2D eigenvalue weighted by Crippen LogP contribution is -2.13. The number of nitriles is 1. The van der Waals surface area contributed by atoms with Crippen molar-refractivity contribution in [3.63, 3.8) is 0 Å². The smallest absolute Gasteiger partial charge is 0.341 e. The maximum atomic E-state index is 13.1. The van der Waals surface area contributed by atoms with Crippen LogP contribution in [0, 0.1) is 25.2 Å². The zero-order valence-corrected chi connectivity index (χ0v) is 22.2. The largest absolute Gasteiger partial charge is 0.462 e. The van der Waals surface area contributed by atoms with E-state index in [4.69, 9.17) is 4.74 Å². The molecule has 0 saturated carbocycles. The number of thiazole rings is 1. The fourth-order valence-electron chi connectivity index (χ4n) is 3.39. The van der Waals surface area contributed by atoms with Crippen LogP contribution < -0.4 is 10.6 Å². The average Bonchev–Trinajstić information content (AvgIpc) is 3.61. The summed E-state index contributed by atoms with van der Waals surface area (Å²) in [7, 11) is 0. The van der Waals surface area contributed by atoms with Gasteiger partial charge in [-0.15, -0.1) is 34.0 Å². The topological polar surface area (TPSA) is 104 Å². The molecular formula is C26H22N4O3S3. The van der Waals surface area contributed by atoms with Gasteiger partial charge in [0.15, 0.2) is 0 Å². The second-order valence-corrected chi connectivity index (χ2v) is 10.4. The van der Waals surface area contributed by atoms with E-state index in [9.17, 15) is 14.9 Å². The average molecular weight is 535 g/mol. The first-order valence-electron chi connectivity index (χ1n) is 11.0. The van der Waals surface area contributed by atoms with Crippen molar-refractivity contribution in [2.45, 2.75) is 20.8 Å². The molecule has 4 rings (SSSR count). The van der Waals surface area contributed by atoms with Gasteiger partial charge in [0.1, 0.15) is 21.7 Å². The number of carbonyl (C=O) groups is 2. The second kappa shape index (κ2) is 11.3. The Morgan fingerprint density at radius 3 is 2.67 bits per heavy atom. The van der Waals surface area contributed by atoms with Crippen LogP contribution in [0.3, 0.4) is 0 Å². The zero-order valence-electron chi connectivity index (χ0n) is 19.7. The number of rotatable bonds is 8. The van der Waals surface area contributed by atoms with Crippen molar-refractivity contribution in [1.82, 2.24) is 4.98 Å². The molecule has 7 nitrogen and oxygen atoms in total. The van der Waals surface area contributed by atoms with Gasteiger partial charge in [-0.1, -0.05) is 24.3 Å². The van der Waals surface area contributed by atoms with Gasteiger partial charge in [0.2, 0.25) is 0 Å². The predicted molar refractivity (Wildman–Crippen MR) is 147 cm³/mol. The van der Waals surface area contributed by atoms with Gasteiger partial charge in [0.05, 0.1) is 27.6 Å². The summed E-state index contributed by atoms with van der Waals surface area (Å²) in [4.78, 5) is 31.9. The minimum absolute atomic E-state index is 0.197. The number of hydrogen-bond donors (Lipinski definition) is 2. The van der Waals surface area contributed by atoms with Gasteiger partial charge < -0.3 is 15.4 Å². The molecule has 10 heteroatoms. The third-order valence-corrected chi connectivity index (χ3v) is 8.19. The highest BCUT2D eigenvalue weighted by Gasteiger charge is 2.26. The number of anilines is 2. The van der Waals surface area contributed by atoms with Crippen LogP contribution in [-0.2, 0) is 4.74 Å². The van der Waals surface area contributed by atoms with Crippen LogP contribution in [-0.4, -0.2) is 23.5 Å². The number of aryl methyl sites for hydroxylation is 1. The molecule has 0 atom stereocenters. The maximum absolute atomic E-state index is 13.1. The number of para-hydroxylation sites is 1. The SMILES string of the molecule is CCOC(=O)c1c(N/C=C(\C#N)c2nc(-c3cccs3)cs2)sc(C(=O)Nc2ccccc2C)c1C. The second-order valence-electron chi connectivity index (χ2n) is 7.58. The Kier molecular flexibility index (Phi) is 7.95. The molecule has 1 aromatic carbocycles. The van der Waals surface area contributed by atoms with Crippen molar-refractivity contribution in [3.8, 4) is 16.6 Å². The Balaban J connectivity index is 1.65. The molecule has 4 aromatic rings. The van der Waals surface area contributed by atoms with Gasteiger partial charge in [-0.2, -0.15) is 5.26 Å². The van der Waals surface area contributed by atoms with Crippen LogP contribution in [0.2, 0.25) is 0 Å². The number of ether oxygens (including phenoxy) is 1. The summed E-state index contributed by atoms with van der Waals surface area (Å²) in [6.45, 7) is 5.54. The van der Waals surface area contributed by atoms with Crippen molar-refractivity contribution >= 4 is 62.1 Å². The molecule has 0 aliphatic rings. The molecule has 0 unspecified atom stereocenters. The number of nitrogens with one attached hydrogen (secondary N) is 2. The first kappa shape index (κ1) is 25.3. The first-order chi connectivity index (χ1) is 17.4. The van der Waals surface area contributed by atoms with Gasteiger partial charge in [0, 0.05) is 17.3 Å². The molecule has 0 radical (unpaired) electrons. The van der Waals surface area contributed by atoms with Crippen LogP contribution in [0.25, 0.3) is 16.1 Å². The minimum atomic E-state index is -0.537. The Bertz CT molecular complexity index is 1480. The zero-order chi connectivity index (χ0) is 25.7. The molecule has 182 valence electrons. The van der Waals surface area contributed by atoms with Crippen molar-refractivity contribution in [1.29, 1.82) is 5.26 Å². The Morgan fingerprint density at radius 1 is 1.17 bits per heavy atom. The van der Waals surface area contributed by atoms with E-state index in [2.05, 4.69) is 21.7 Å². The van der Waals surface area contributed by atoms with E-state index in [-0.39, 0.29) is 18.1 Å². The number of amides is 1. The van der Waals surface area contributed by atoms with E-state index in [1.54, 1.807) is 25.2 Å². The van der Waals surface area contributed by atoms with Crippen LogP contribution in [0.4, 0.5) is 10.7 Å². The number of benzene rings is 1. The number of aromatic nitrogens is 1. The van der Waals surface area contributed by atoms with Crippen molar-refractivity contribution in [3.05, 3.63) is 79.9 Å². The number of thiophene rings is 2. The Hall–Kier alpha value is -3.78. The molecular weight excluding hydrogens is 513 g/mol. The van der Waals surface area contributed by atoms with E-state index in [1.807, 2.05) is 54.1 Å². The standard InChI is InChI=1S/C26H22N4O3S3/c1-4-33-26(32)21-16(3)22(23(31)29-18-9-6-5-8-15(18)2)36-25(21)28-13-17(12-27)24-30-19(14-35-24)20-10-7-11-34-20/h5-11,13-14,28H,4H2,1-3H3,(H,29,31)/b17-13+. The monoisotopic (exact) mass is 534 g/mol. The Labute approximate surface area is 220 Å². The molecule has 0 saturated heterocycles. The molecule has 36 heavy (non-hydrogen) atoms. The van der Waals surface area contributed by atoms with Crippen molar-refractivity contribution < 1.29 is 14.3 Å². The highest BCUT2D eigenvalue weighted by atomic mass is 32.1. The summed E-state index contributed by atoms with van der Waals surface area (Å²) in [6, 6.07) is 13.6. The van der Waals surface area contributed by atoms with E-state index in [1.165, 1.54) is 17.5 Å². The first-order valence-corrected chi connectivity index (χ1v) is 13.5. The third kappa shape index (κ3) is 5.39. The fraction of sp³-hybridized carbons (Fsp3) is 0.154. The van der Waals surface area contributed by atoms with Gasteiger partial charge in [-0.3, -0.25) is 4.79 Å². The quantitative estimate of drug-likeness (QED) is 0.187. The van der Waals surface area contributed by atoms with E-state index >= 15 is 0 Å². The Morgan fingerprint density at radius 2 is 1.97 bits per heavy atom. The molecule has 0 spiro atoms. The summed E-state index contributed by atoms with van der Waals surface area (Å²) in [6.07, 6.45) is 1.51. The summed E-state index contributed by atoms with van der Waals surface area (Å²) >= 11 is 4.07. The molecule has 3 aromatic heterocycles. The van der Waals surface area contributed by atoms with E-state index in [0.717, 1.165) is 27.5 Å². The predicted octanol–water partition coefficient (Wildman–Crippen LogP) is 6.96. The van der Waals surface area contributed by atoms with Crippen LogP contribution in [0.15, 0.2) is 53.4 Å². The molecule has 0 fully saturated rings. The number of hydrogen-bond acceptors (Lipinski definition) is 9. The van der Waals surface area contributed by atoms with Crippen molar-refractivity contribution in [2.24, 2.45) is 0 Å². The fourth-order valence-corrected chi connectivity index (χ4v) is 5.99. The van der Waals surface area contributed by atoms with Crippen molar-refractivity contribution in [2.75, 3.05) is 17.2 Å². The molecule has 0 aliphatic heterocycles. The number of esters is 1. The summed E-state index contributed by atoms with van der Waals surface area (Å²) in [5.74, 6) is -0.861. The summed E-state index contributed by atoms with van der Waals surface area (Å²) in [5.41, 5.74) is 3.52. The van der Waals surface area contributed by atoms with Crippen LogP contribution in [0.1, 0.15) is 43.1 Å². The molecule has 2 N–H and O–H groups in total. The number of allylic oxidation sites excluding steroid dienone is 1. The lowest BCUT2D eigenvalue weighted by atomic mass is 10.1. The molecule has 1 amide bonds. The van der Waals surface area contributed by atoms with E-state index in [0.29, 0.717) is 31.7 Å². The third-order valence-electron chi connectivity index (χ3n) is 5.20. The summed E-state index contributed by atoms with van der Waals surface area (Å²) in [5, 5.41) is 20.6. The summed E-state index contributed by atoms with van der Waals surface area (Å²) < 4.78 is 5.24. The maximum Gasteiger partial charge on any atom is 0.341 e. The van der Waals surface area contributed by atoms with Gasteiger partial charge in [0.25, 0.3) is 5.91 Å². The minimum Gasteiger partial charge on any atom is -0.462 e. The van der Waals surface area contributed by atoms with Gasteiger partial charge in [-0.25, -0.2) is 9.78 Å². The van der Waals surface area contributed by atoms with Crippen LogP contribution in [0.5, 0.6) is 0 Å². The highest BCUT2D eigenvalue weighted by molar-refractivity contribution is 7.18. The normalized spacial score (nSPS) is 11.1. The van der Waals surface area contributed by atoms with Gasteiger partial charge in [-0.05, 0) is 49.4 Å². The molecule has 0 bridgehead atoms. The molecule has 3 heterocycles. The number of nitrogens with zero attached hydrogens (tertiary/aromatic N) is 2. The van der Waals surface area contributed by atoms with E-state index < -0.39 is 5.97 Å². The lowest BCUT2D eigenvalue weighted by molar-refractivity contribution is 0.0527. The lowest BCUT2D eigenvalue weighted by Gasteiger charge is -2.07. The highest BCUT2D eigenvalue weighted by Crippen LogP contribution is 2.35. The van der Waals surface area contributed by atoms with Crippen LogP contribution >= 0.6 is 34.0 Å². The number of carbonyl (C=O) groups excluding carboxylic acids is 2. The van der Waals surface area contributed by atoms with Gasteiger partial charge >= 0.3 is 5.97 Å². The molecule has 0 aliphatic carbocycles.